The number of carbonyl (C=O) groups excluding carboxylic acids is 1. The summed E-state index contributed by atoms with van der Waals surface area (Å²) in [5, 5.41) is 2.93. The van der Waals surface area contributed by atoms with Crippen LogP contribution in [0.15, 0.2) is 59.0 Å². The normalized spacial score (nSPS) is 10.7. The van der Waals surface area contributed by atoms with E-state index in [-0.39, 0.29) is 5.91 Å². The Kier molecular flexibility index (Phi) is 5.81. The van der Waals surface area contributed by atoms with Gasteiger partial charge in [0.15, 0.2) is 0 Å². The first-order chi connectivity index (χ1) is 12.7. The summed E-state index contributed by atoms with van der Waals surface area (Å²) < 4.78 is 5.74. The van der Waals surface area contributed by atoms with Crippen molar-refractivity contribution in [2.75, 3.05) is 13.1 Å². The maximum absolute atomic E-state index is 12.2. The van der Waals surface area contributed by atoms with Crippen LogP contribution in [0.3, 0.4) is 0 Å². The Balaban J connectivity index is 1.56. The summed E-state index contributed by atoms with van der Waals surface area (Å²) in [7, 11) is 0. The van der Waals surface area contributed by atoms with Crippen molar-refractivity contribution in [2.45, 2.75) is 19.8 Å². The molecule has 134 valence electrons. The molecule has 0 aliphatic rings. The van der Waals surface area contributed by atoms with Crippen molar-refractivity contribution in [2.24, 2.45) is 5.73 Å². The zero-order valence-electron chi connectivity index (χ0n) is 14.9. The highest BCUT2D eigenvalue weighted by Crippen LogP contribution is 2.21. The molecule has 5 nitrogen and oxygen atoms in total. The molecule has 0 bridgehead atoms. The van der Waals surface area contributed by atoms with Crippen molar-refractivity contribution in [1.82, 2.24) is 10.3 Å². The summed E-state index contributed by atoms with van der Waals surface area (Å²) in [5.74, 6) is 1.30. The van der Waals surface area contributed by atoms with E-state index in [1.54, 1.807) is 0 Å². The zero-order valence-corrected chi connectivity index (χ0v) is 14.9. The minimum absolute atomic E-state index is 0.0891. The van der Waals surface area contributed by atoms with Crippen molar-refractivity contribution in [3.05, 3.63) is 77.2 Å². The van der Waals surface area contributed by atoms with Crippen LogP contribution in [0.2, 0.25) is 0 Å². The van der Waals surface area contributed by atoms with Gasteiger partial charge in [0, 0.05) is 24.1 Å². The van der Waals surface area contributed by atoms with Gasteiger partial charge in [-0.05, 0) is 49.7 Å². The summed E-state index contributed by atoms with van der Waals surface area (Å²) in [4.78, 5) is 16.8. The van der Waals surface area contributed by atoms with Crippen LogP contribution in [0, 0.1) is 6.92 Å². The minimum atomic E-state index is -0.0891. The Morgan fingerprint density at radius 3 is 2.50 bits per heavy atom. The molecule has 1 aromatic heterocycles. The van der Waals surface area contributed by atoms with Gasteiger partial charge in [0.05, 0.1) is 5.69 Å². The summed E-state index contributed by atoms with van der Waals surface area (Å²) in [6.07, 6.45) is 1.44. The van der Waals surface area contributed by atoms with Crippen LogP contribution in [0.4, 0.5) is 0 Å². The molecule has 0 atom stereocenters. The Morgan fingerprint density at radius 1 is 1.08 bits per heavy atom. The average molecular weight is 349 g/mol. The van der Waals surface area contributed by atoms with Gasteiger partial charge in [-0.25, -0.2) is 4.98 Å². The molecule has 0 aliphatic carbocycles. The molecule has 26 heavy (non-hydrogen) atoms. The molecule has 3 aromatic rings. The second-order valence-corrected chi connectivity index (χ2v) is 6.13. The lowest BCUT2D eigenvalue weighted by Crippen LogP contribution is -2.25. The molecule has 0 saturated heterocycles. The van der Waals surface area contributed by atoms with Gasteiger partial charge < -0.3 is 15.5 Å². The lowest BCUT2D eigenvalue weighted by Gasteiger charge is -2.05. The quantitative estimate of drug-likeness (QED) is 0.687. The first-order valence-electron chi connectivity index (χ1n) is 8.76. The number of nitrogens with two attached hydrogens (primary N) is 1. The van der Waals surface area contributed by atoms with Crippen LogP contribution in [0.1, 0.15) is 27.4 Å². The molecule has 3 N–H and O–H groups in total. The lowest BCUT2D eigenvalue weighted by molar-refractivity contribution is 0.0954. The number of amides is 1. The Bertz CT molecular complexity index is 855. The lowest BCUT2D eigenvalue weighted by atomic mass is 10.1. The van der Waals surface area contributed by atoms with Gasteiger partial charge in [-0.1, -0.05) is 30.3 Å². The number of carbonyl (C=O) groups is 1. The molecule has 0 aliphatic heterocycles. The third-order valence-electron chi connectivity index (χ3n) is 4.21. The number of hydrogen-bond donors (Lipinski definition) is 2. The van der Waals surface area contributed by atoms with E-state index in [0.717, 1.165) is 29.0 Å². The van der Waals surface area contributed by atoms with Gasteiger partial charge in [0.2, 0.25) is 5.89 Å². The maximum Gasteiger partial charge on any atom is 0.251 e. The molecule has 2 aromatic carbocycles. The van der Waals surface area contributed by atoms with E-state index >= 15 is 0 Å². The summed E-state index contributed by atoms with van der Waals surface area (Å²) in [5.41, 5.74) is 9.13. The summed E-state index contributed by atoms with van der Waals surface area (Å²) >= 11 is 0. The van der Waals surface area contributed by atoms with E-state index < -0.39 is 0 Å². The molecule has 1 amide bonds. The standard InChI is InChI=1S/C21H23N3O2/c1-15-19(24-21(26-15)18-5-3-2-4-6-18)12-14-23-20(25)17-9-7-16(8-10-17)11-13-22/h2-10H,11-14,22H2,1H3,(H,23,25). The molecule has 0 unspecified atom stereocenters. The van der Waals surface area contributed by atoms with Crippen LogP contribution in [-0.4, -0.2) is 24.0 Å². The fourth-order valence-corrected chi connectivity index (χ4v) is 2.75. The van der Waals surface area contributed by atoms with Gasteiger partial charge in [-0.15, -0.1) is 0 Å². The maximum atomic E-state index is 12.2. The first kappa shape index (κ1) is 17.9. The highest BCUT2D eigenvalue weighted by atomic mass is 16.4. The van der Waals surface area contributed by atoms with E-state index in [4.69, 9.17) is 10.2 Å². The van der Waals surface area contributed by atoms with Crippen LogP contribution in [0.5, 0.6) is 0 Å². The van der Waals surface area contributed by atoms with Crippen LogP contribution < -0.4 is 11.1 Å². The van der Waals surface area contributed by atoms with Crippen LogP contribution in [0.25, 0.3) is 11.5 Å². The molecule has 0 spiro atoms. The summed E-state index contributed by atoms with van der Waals surface area (Å²) in [6.45, 7) is 3.01. The van der Waals surface area contributed by atoms with Gasteiger partial charge in [-0.3, -0.25) is 4.79 Å². The fraction of sp³-hybridized carbons (Fsp3) is 0.238. The van der Waals surface area contributed by atoms with E-state index in [1.165, 1.54) is 0 Å². The van der Waals surface area contributed by atoms with Gasteiger partial charge in [0.25, 0.3) is 5.91 Å². The number of rotatable bonds is 7. The SMILES string of the molecule is Cc1oc(-c2ccccc2)nc1CCNC(=O)c1ccc(CCN)cc1. The Labute approximate surface area is 153 Å². The van der Waals surface area contributed by atoms with Crippen LogP contribution >= 0.6 is 0 Å². The molecule has 0 radical (unpaired) electrons. The molecule has 0 saturated carbocycles. The predicted octanol–water partition coefficient (Wildman–Crippen LogP) is 3.12. The monoisotopic (exact) mass is 349 g/mol. The van der Waals surface area contributed by atoms with E-state index in [2.05, 4.69) is 10.3 Å². The van der Waals surface area contributed by atoms with Crippen molar-refractivity contribution >= 4 is 5.91 Å². The number of nitrogens with one attached hydrogen (secondary N) is 1. The highest BCUT2D eigenvalue weighted by molar-refractivity contribution is 5.94. The molecule has 3 rings (SSSR count). The zero-order chi connectivity index (χ0) is 18.4. The van der Waals surface area contributed by atoms with E-state index in [1.807, 2.05) is 61.5 Å². The third kappa shape index (κ3) is 4.37. The molecular formula is C21H23N3O2. The van der Waals surface area contributed by atoms with Gasteiger partial charge >= 0.3 is 0 Å². The third-order valence-corrected chi connectivity index (χ3v) is 4.21. The van der Waals surface area contributed by atoms with Crippen molar-refractivity contribution < 1.29 is 9.21 Å². The molecular weight excluding hydrogens is 326 g/mol. The molecule has 5 heteroatoms. The smallest absolute Gasteiger partial charge is 0.251 e. The second kappa shape index (κ2) is 8.45. The van der Waals surface area contributed by atoms with E-state index in [0.29, 0.717) is 31.0 Å². The number of aromatic nitrogens is 1. The predicted molar refractivity (Wildman–Crippen MR) is 102 cm³/mol. The highest BCUT2D eigenvalue weighted by Gasteiger charge is 2.12. The topological polar surface area (TPSA) is 81.2 Å². The number of nitrogens with zero attached hydrogens (tertiary/aromatic N) is 1. The van der Waals surface area contributed by atoms with Crippen LogP contribution in [-0.2, 0) is 12.8 Å². The largest absolute Gasteiger partial charge is 0.441 e. The Hall–Kier alpha value is -2.92. The fourth-order valence-electron chi connectivity index (χ4n) is 2.75. The number of aryl methyl sites for hydroxylation is 1. The first-order valence-corrected chi connectivity index (χ1v) is 8.76. The van der Waals surface area contributed by atoms with Gasteiger partial charge in [-0.2, -0.15) is 0 Å². The number of hydrogen-bond acceptors (Lipinski definition) is 4. The van der Waals surface area contributed by atoms with E-state index in [9.17, 15) is 4.79 Å². The average Bonchev–Trinajstić information content (AvgIpc) is 3.04. The van der Waals surface area contributed by atoms with Crippen molar-refractivity contribution in [3.8, 4) is 11.5 Å². The second-order valence-electron chi connectivity index (χ2n) is 6.13. The van der Waals surface area contributed by atoms with Crippen molar-refractivity contribution in [3.63, 3.8) is 0 Å². The molecule has 1 heterocycles. The van der Waals surface area contributed by atoms with Crippen molar-refractivity contribution in [1.29, 1.82) is 0 Å². The minimum Gasteiger partial charge on any atom is -0.441 e. The number of oxazole rings is 1. The van der Waals surface area contributed by atoms with Gasteiger partial charge in [0.1, 0.15) is 5.76 Å². The summed E-state index contributed by atoms with van der Waals surface area (Å²) in [6, 6.07) is 17.3. The molecule has 0 fully saturated rings. The number of benzene rings is 2. The Morgan fingerprint density at radius 2 is 1.81 bits per heavy atom.